The summed E-state index contributed by atoms with van der Waals surface area (Å²) in [6.07, 6.45) is 0. The Labute approximate surface area is 78.0 Å². The van der Waals surface area contributed by atoms with E-state index in [0.29, 0.717) is 4.41 Å². The number of hydrazine groups is 1. The third-order valence-corrected chi connectivity index (χ3v) is 3.32. The second-order valence-electron chi connectivity index (χ2n) is 2.83. The first-order valence-corrected chi connectivity index (χ1v) is 5.19. The van der Waals surface area contributed by atoms with Crippen molar-refractivity contribution in [3.8, 4) is 0 Å². The molecular weight excluding hydrogens is 188 g/mol. The van der Waals surface area contributed by atoms with Crippen molar-refractivity contribution in [2.75, 3.05) is 7.05 Å². The summed E-state index contributed by atoms with van der Waals surface area (Å²) in [7, 11) is -2.18. The molecule has 4 nitrogen and oxygen atoms in total. The minimum Gasteiger partial charge on any atom is -0.255 e. The molecule has 13 heavy (non-hydrogen) atoms. The van der Waals surface area contributed by atoms with E-state index in [1.54, 1.807) is 12.1 Å². The van der Waals surface area contributed by atoms with Gasteiger partial charge in [0.05, 0.1) is 4.90 Å². The predicted octanol–water partition coefficient (Wildman–Crippen LogP) is 0.489. The molecule has 1 aromatic carbocycles. The number of benzene rings is 1. The molecule has 0 spiro atoms. The summed E-state index contributed by atoms with van der Waals surface area (Å²) in [5.41, 5.74) is 1.01. The smallest absolute Gasteiger partial charge is 0.255 e. The molecule has 72 valence electrons. The number of nitrogens with two attached hydrogens (primary N) is 1. The van der Waals surface area contributed by atoms with Gasteiger partial charge >= 0.3 is 0 Å². The average molecular weight is 200 g/mol. The second kappa shape index (κ2) is 3.45. The van der Waals surface area contributed by atoms with Gasteiger partial charge in [-0.15, -0.1) is 4.41 Å². The van der Waals surface area contributed by atoms with Gasteiger partial charge in [0.25, 0.3) is 10.0 Å². The van der Waals surface area contributed by atoms with E-state index in [-0.39, 0.29) is 4.90 Å². The highest BCUT2D eigenvalue weighted by Gasteiger charge is 2.16. The topological polar surface area (TPSA) is 63.4 Å². The third kappa shape index (κ3) is 2.06. The summed E-state index contributed by atoms with van der Waals surface area (Å²) in [5, 5.41) is 0. The van der Waals surface area contributed by atoms with Crippen LogP contribution in [0.1, 0.15) is 5.56 Å². The molecule has 0 saturated carbocycles. The van der Waals surface area contributed by atoms with E-state index < -0.39 is 10.0 Å². The fourth-order valence-corrected chi connectivity index (χ4v) is 1.69. The van der Waals surface area contributed by atoms with Gasteiger partial charge in [-0.05, 0) is 19.1 Å². The van der Waals surface area contributed by atoms with Crippen molar-refractivity contribution in [3.63, 3.8) is 0 Å². The Hall–Kier alpha value is -0.910. The summed E-state index contributed by atoms with van der Waals surface area (Å²) in [5.74, 6) is 5.19. The first-order chi connectivity index (χ1) is 5.94. The molecular formula is C8H12N2O2S. The number of hydrogen-bond donors (Lipinski definition) is 1. The van der Waals surface area contributed by atoms with Crippen LogP contribution in [0.5, 0.6) is 0 Å². The van der Waals surface area contributed by atoms with Crippen molar-refractivity contribution in [2.45, 2.75) is 11.8 Å². The van der Waals surface area contributed by atoms with Crippen LogP contribution < -0.4 is 5.84 Å². The predicted molar refractivity (Wildman–Crippen MR) is 50.3 cm³/mol. The van der Waals surface area contributed by atoms with E-state index in [1.165, 1.54) is 19.2 Å². The largest absolute Gasteiger partial charge is 0.255 e. The summed E-state index contributed by atoms with van der Waals surface area (Å²) in [6, 6.07) is 6.54. The van der Waals surface area contributed by atoms with Gasteiger partial charge in [-0.25, -0.2) is 8.42 Å². The van der Waals surface area contributed by atoms with Crippen molar-refractivity contribution in [1.82, 2.24) is 4.41 Å². The maximum Gasteiger partial charge on any atom is 0.255 e. The van der Waals surface area contributed by atoms with Crippen LogP contribution in [-0.2, 0) is 10.0 Å². The molecule has 0 heterocycles. The molecule has 5 heteroatoms. The lowest BCUT2D eigenvalue weighted by atomic mass is 10.2. The molecule has 0 bridgehead atoms. The maximum absolute atomic E-state index is 11.4. The summed E-state index contributed by atoms with van der Waals surface area (Å²) >= 11 is 0. The van der Waals surface area contributed by atoms with Crippen LogP contribution in [0, 0.1) is 6.92 Å². The van der Waals surface area contributed by atoms with Crippen LogP contribution in [-0.4, -0.2) is 19.9 Å². The van der Waals surface area contributed by atoms with Crippen molar-refractivity contribution < 1.29 is 8.42 Å². The average Bonchev–Trinajstić information content (AvgIpc) is 2.04. The maximum atomic E-state index is 11.4. The Bertz CT molecular complexity index is 381. The quantitative estimate of drug-likeness (QED) is 0.558. The molecule has 2 N–H and O–H groups in total. The second-order valence-corrected chi connectivity index (χ2v) is 4.83. The van der Waals surface area contributed by atoms with E-state index in [9.17, 15) is 8.42 Å². The molecule has 0 radical (unpaired) electrons. The van der Waals surface area contributed by atoms with Crippen LogP contribution in [0.3, 0.4) is 0 Å². The van der Waals surface area contributed by atoms with E-state index >= 15 is 0 Å². The van der Waals surface area contributed by atoms with E-state index in [0.717, 1.165) is 5.56 Å². The van der Waals surface area contributed by atoms with Gasteiger partial charge in [0.1, 0.15) is 0 Å². The summed E-state index contributed by atoms with van der Waals surface area (Å²) < 4.78 is 23.6. The minimum absolute atomic E-state index is 0.211. The van der Waals surface area contributed by atoms with E-state index in [2.05, 4.69) is 0 Å². The zero-order valence-electron chi connectivity index (χ0n) is 7.56. The van der Waals surface area contributed by atoms with Crippen LogP contribution in [0.15, 0.2) is 29.2 Å². The van der Waals surface area contributed by atoms with Gasteiger partial charge in [-0.1, -0.05) is 17.7 Å². The summed E-state index contributed by atoms with van der Waals surface area (Å²) in [4.78, 5) is 0.211. The lowest BCUT2D eigenvalue weighted by Crippen LogP contribution is -2.33. The fourth-order valence-electron chi connectivity index (χ4n) is 0.877. The standard InChI is InChI=1S/C8H12N2O2S/c1-7-3-5-8(6-4-7)13(11,12)10(2)9/h3-6H,9H2,1-2H3. The number of nitrogens with zero attached hydrogens (tertiary/aromatic N) is 1. The Morgan fingerprint density at radius 3 is 2.08 bits per heavy atom. The lowest BCUT2D eigenvalue weighted by Gasteiger charge is -2.10. The van der Waals surface area contributed by atoms with Crippen LogP contribution in [0.25, 0.3) is 0 Å². The summed E-state index contributed by atoms with van der Waals surface area (Å²) in [6.45, 7) is 1.89. The van der Waals surface area contributed by atoms with Gasteiger partial charge in [0.15, 0.2) is 0 Å². The highest BCUT2D eigenvalue weighted by Crippen LogP contribution is 2.12. The van der Waals surface area contributed by atoms with Gasteiger partial charge in [0.2, 0.25) is 0 Å². The number of sulfonamides is 1. The lowest BCUT2D eigenvalue weighted by molar-refractivity contribution is 0.486. The molecule has 0 unspecified atom stereocenters. The molecule has 0 aromatic heterocycles. The van der Waals surface area contributed by atoms with Crippen molar-refractivity contribution in [1.29, 1.82) is 0 Å². The Kier molecular flexibility index (Phi) is 2.70. The van der Waals surface area contributed by atoms with Crippen molar-refractivity contribution in [2.24, 2.45) is 5.84 Å². The van der Waals surface area contributed by atoms with Crippen LogP contribution in [0.2, 0.25) is 0 Å². The molecule has 0 saturated heterocycles. The van der Waals surface area contributed by atoms with Crippen LogP contribution >= 0.6 is 0 Å². The zero-order chi connectivity index (χ0) is 10.1. The Morgan fingerprint density at radius 1 is 1.23 bits per heavy atom. The van der Waals surface area contributed by atoms with Crippen molar-refractivity contribution >= 4 is 10.0 Å². The van der Waals surface area contributed by atoms with Gasteiger partial charge in [-0.3, -0.25) is 5.84 Å². The first kappa shape index (κ1) is 10.2. The molecule has 0 amide bonds. The number of hydrogen-bond acceptors (Lipinski definition) is 3. The monoisotopic (exact) mass is 200 g/mol. The normalized spacial score (nSPS) is 12.0. The van der Waals surface area contributed by atoms with Gasteiger partial charge in [0, 0.05) is 7.05 Å². The fraction of sp³-hybridized carbons (Fsp3) is 0.250. The third-order valence-electron chi connectivity index (χ3n) is 1.70. The first-order valence-electron chi connectivity index (χ1n) is 3.75. The van der Waals surface area contributed by atoms with E-state index in [1.807, 2.05) is 6.92 Å². The molecule has 0 aliphatic heterocycles. The number of aryl methyl sites for hydroxylation is 1. The molecule has 1 rings (SSSR count). The highest BCUT2D eigenvalue weighted by molar-refractivity contribution is 7.89. The molecule has 0 fully saturated rings. The molecule has 1 aromatic rings. The van der Waals surface area contributed by atoms with Gasteiger partial charge in [-0.2, -0.15) is 0 Å². The Balaban J connectivity index is 3.17. The van der Waals surface area contributed by atoms with E-state index in [4.69, 9.17) is 5.84 Å². The zero-order valence-corrected chi connectivity index (χ0v) is 8.38. The molecule has 0 aliphatic carbocycles. The molecule has 0 aliphatic rings. The minimum atomic E-state index is -3.48. The molecule has 0 atom stereocenters. The number of rotatable bonds is 2. The van der Waals surface area contributed by atoms with Crippen molar-refractivity contribution in [3.05, 3.63) is 29.8 Å². The van der Waals surface area contributed by atoms with Gasteiger partial charge < -0.3 is 0 Å². The Morgan fingerprint density at radius 2 is 1.69 bits per heavy atom. The van der Waals surface area contributed by atoms with Crippen LogP contribution in [0.4, 0.5) is 0 Å². The highest BCUT2D eigenvalue weighted by atomic mass is 32.2. The SMILES string of the molecule is Cc1ccc(S(=O)(=O)N(C)N)cc1.